The first-order valence-corrected chi connectivity index (χ1v) is 32.3. The van der Waals surface area contributed by atoms with Crippen LogP contribution in [0.1, 0.15) is 78.1 Å². The van der Waals surface area contributed by atoms with Crippen molar-refractivity contribution in [1.82, 2.24) is 16.0 Å². The fourth-order valence-corrected chi connectivity index (χ4v) is 10.9. The minimum atomic E-state index is -1.80. The van der Waals surface area contributed by atoms with Crippen LogP contribution < -0.4 is 50.6 Å². The molecule has 0 bridgehead atoms. The second-order valence-electron chi connectivity index (χ2n) is 22.5. The average Bonchev–Trinajstić information content (AvgIpc) is 0.805. The Morgan fingerprint density at radius 2 is 0.989 bits per heavy atom. The van der Waals surface area contributed by atoms with Crippen LogP contribution >= 0.6 is 0 Å². The number of aliphatic hydroxyl groups excluding tert-OH is 6. The van der Waals surface area contributed by atoms with Gasteiger partial charge in [0.1, 0.15) is 48.8 Å². The maximum absolute atomic E-state index is 14.0. The number of carbonyl (C=O) groups excluding carboxylic acids is 4. The summed E-state index contributed by atoms with van der Waals surface area (Å²) < 4.78 is 96.2. The van der Waals surface area contributed by atoms with Crippen molar-refractivity contribution >= 4 is 23.7 Å². The third kappa shape index (κ3) is 34.0. The van der Waals surface area contributed by atoms with E-state index in [2.05, 4.69) is 16.0 Å². The van der Waals surface area contributed by atoms with Crippen molar-refractivity contribution in [3.8, 4) is 0 Å². The van der Waals surface area contributed by atoms with Gasteiger partial charge >= 0.3 is 29.6 Å². The molecule has 4 fully saturated rings. The van der Waals surface area contributed by atoms with Gasteiger partial charge in [-0.2, -0.15) is 0 Å². The standard InChI is InChI=1S/C60H109N3O28.Na/c1-4-43-37-44(38-45(55(43)91-60-54(71)53(70)51(68)47(39-64)90-60)88-59-50(63-41(2)66)56(52(69)48(40-65)89-59)87-46(58(73)74)36-42-8-6-5-7-9-42)57(72)62-12-11-61-49(67)10-13-76-16-17-78-20-21-80-24-25-82-28-29-84-32-33-86-35-34-85-31-30-83-27-26-81-23-22-79-19-18-77-15-14-75-3;/h42-48,50-56,59-60,64-65,68-71H,4-40H2,1-3H3,(H,61,67)(H,62,72)(H,63,66)(H,73,74);/q;+1/p-1. The zero-order chi connectivity index (χ0) is 65.9. The number of hydrogen-bond acceptors (Lipinski definition) is 28. The van der Waals surface area contributed by atoms with E-state index in [0.29, 0.717) is 145 Å². The largest absolute Gasteiger partial charge is 1.00 e. The maximum Gasteiger partial charge on any atom is 1.00 e. The number of hydrogen-bond donors (Lipinski definition) is 9. The average molecular weight is 1340 g/mol. The molecule has 2 heterocycles. The fourth-order valence-electron chi connectivity index (χ4n) is 10.9. The molecule has 0 aromatic rings. The number of aliphatic hydroxyl groups is 6. The molecule has 0 radical (unpaired) electrons. The van der Waals surface area contributed by atoms with Gasteiger partial charge in [0, 0.05) is 39.5 Å². The second-order valence-corrected chi connectivity index (χ2v) is 22.5. The summed E-state index contributed by atoms with van der Waals surface area (Å²) in [6.45, 7) is 11.5. The van der Waals surface area contributed by atoms with Crippen molar-refractivity contribution < 1.29 is 165 Å². The number of amides is 3. The molecule has 0 aromatic heterocycles. The molecule has 0 spiro atoms. The Balaban J connectivity index is 0.0000221. The van der Waals surface area contributed by atoms with E-state index in [-0.39, 0.29) is 93.4 Å². The van der Waals surface area contributed by atoms with Crippen molar-refractivity contribution in [2.45, 2.75) is 158 Å². The quantitative estimate of drug-likeness (QED) is 0.0202. The molecule has 31 nitrogen and oxygen atoms in total. The Labute approximate surface area is 562 Å². The molecule has 0 aromatic carbocycles. The van der Waals surface area contributed by atoms with Crippen LogP contribution in [0.2, 0.25) is 0 Å². The van der Waals surface area contributed by atoms with E-state index in [1.165, 1.54) is 6.92 Å². The SMILES string of the molecule is CCC1CC(C(=O)NCCNC(=O)CCOCCOCCOCCOCCOCCOCCOCCOCCOCCOCCOCCOC)CC(OC2OC(CO)C(O)C(OC(CC3CCCCC3)C(=O)[O-])C2NC(C)=O)C1OC1OC(CO)C(O)C(O)C1O.[Na+]. The van der Waals surface area contributed by atoms with E-state index in [4.69, 9.17) is 80.5 Å². The van der Waals surface area contributed by atoms with Gasteiger partial charge in [0.25, 0.3) is 0 Å². The van der Waals surface area contributed by atoms with Crippen molar-refractivity contribution in [3.05, 3.63) is 0 Å². The van der Waals surface area contributed by atoms with Gasteiger partial charge in [0.2, 0.25) is 17.7 Å². The molecule has 532 valence electrons. The molecule has 3 amide bonds. The van der Waals surface area contributed by atoms with E-state index >= 15 is 0 Å². The topological polar surface area (TPSA) is 406 Å². The summed E-state index contributed by atoms with van der Waals surface area (Å²) in [5, 5.41) is 84.9. The number of carboxylic acid groups (broad SMARTS) is 1. The maximum atomic E-state index is 14.0. The molecule has 2 saturated carbocycles. The minimum absolute atomic E-state index is 0. The molecular weight excluding hydrogens is 1230 g/mol. The molecule has 9 N–H and O–H groups in total. The van der Waals surface area contributed by atoms with Crippen LogP contribution in [0.25, 0.3) is 0 Å². The normalized spacial score (nSPS) is 27.3. The first kappa shape index (κ1) is 84.2. The van der Waals surface area contributed by atoms with Crippen molar-refractivity contribution in [2.75, 3.05) is 185 Å². The van der Waals surface area contributed by atoms with Crippen LogP contribution in [0.15, 0.2) is 0 Å². The summed E-state index contributed by atoms with van der Waals surface area (Å²) >= 11 is 0. The molecule has 92 heavy (non-hydrogen) atoms. The van der Waals surface area contributed by atoms with E-state index < -0.39 is 122 Å². The Kier molecular flexibility index (Phi) is 47.7. The van der Waals surface area contributed by atoms with E-state index in [9.17, 15) is 54.9 Å². The monoisotopic (exact) mass is 1340 g/mol. The van der Waals surface area contributed by atoms with Gasteiger partial charge in [0.05, 0.1) is 189 Å². The summed E-state index contributed by atoms with van der Waals surface area (Å²) in [6.07, 6.45) is -13.1. The van der Waals surface area contributed by atoms with Crippen LogP contribution in [0.4, 0.5) is 0 Å². The van der Waals surface area contributed by atoms with Gasteiger partial charge in [-0.05, 0) is 31.1 Å². The molecule has 2 saturated heterocycles. The van der Waals surface area contributed by atoms with Gasteiger partial charge in [-0.3, -0.25) is 14.4 Å². The van der Waals surface area contributed by atoms with Gasteiger partial charge in [0.15, 0.2) is 12.6 Å². The summed E-state index contributed by atoms with van der Waals surface area (Å²) in [5.74, 6) is -4.18. The van der Waals surface area contributed by atoms with Crippen LogP contribution in [-0.4, -0.2) is 319 Å². The summed E-state index contributed by atoms with van der Waals surface area (Å²) in [5.41, 5.74) is 0. The molecule has 15 unspecified atom stereocenters. The molecule has 4 rings (SSSR count). The number of rotatable bonds is 53. The summed E-state index contributed by atoms with van der Waals surface area (Å²) in [4.78, 5) is 52.0. The zero-order valence-electron chi connectivity index (χ0n) is 54.6. The third-order valence-corrected chi connectivity index (χ3v) is 15.7. The molecule has 2 aliphatic heterocycles. The smallest absolute Gasteiger partial charge is 0.547 e. The Hall–Kier alpha value is -2.04. The van der Waals surface area contributed by atoms with Crippen LogP contribution in [-0.2, 0) is 99.7 Å². The number of carboxylic acids is 1. The Morgan fingerprint density at radius 1 is 0.543 bits per heavy atom. The number of aliphatic carboxylic acids is 1. The van der Waals surface area contributed by atoms with E-state index in [1.807, 2.05) is 6.92 Å². The van der Waals surface area contributed by atoms with Crippen LogP contribution in [0.3, 0.4) is 0 Å². The number of carbonyl (C=O) groups is 4. The van der Waals surface area contributed by atoms with Gasteiger partial charge in [-0.25, -0.2) is 0 Å². The van der Waals surface area contributed by atoms with Gasteiger partial charge in [-0.15, -0.1) is 0 Å². The van der Waals surface area contributed by atoms with E-state index in [0.717, 1.165) is 32.1 Å². The van der Waals surface area contributed by atoms with E-state index in [1.54, 1.807) is 7.11 Å². The minimum Gasteiger partial charge on any atom is -0.547 e. The number of methoxy groups -OCH3 is 1. The second kappa shape index (κ2) is 52.1. The van der Waals surface area contributed by atoms with Crippen molar-refractivity contribution in [3.63, 3.8) is 0 Å². The van der Waals surface area contributed by atoms with Crippen LogP contribution in [0.5, 0.6) is 0 Å². The molecule has 15 atom stereocenters. The van der Waals surface area contributed by atoms with Gasteiger partial charge in [-0.1, -0.05) is 45.4 Å². The van der Waals surface area contributed by atoms with Crippen molar-refractivity contribution in [1.29, 1.82) is 0 Å². The first-order valence-electron chi connectivity index (χ1n) is 32.3. The summed E-state index contributed by atoms with van der Waals surface area (Å²) in [6, 6.07) is -1.40. The van der Waals surface area contributed by atoms with Crippen LogP contribution in [0, 0.1) is 17.8 Å². The van der Waals surface area contributed by atoms with Gasteiger partial charge < -0.3 is 137 Å². The number of nitrogens with one attached hydrogen (secondary N) is 3. The zero-order valence-corrected chi connectivity index (χ0v) is 56.6. The Bertz CT molecular complexity index is 1890. The Morgan fingerprint density at radius 3 is 1.43 bits per heavy atom. The molecule has 2 aliphatic carbocycles. The van der Waals surface area contributed by atoms with Crippen molar-refractivity contribution in [2.24, 2.45) is 17.8 Å². The first-order chi connectivity index (χ1) is 44.2. The molecule has 32 heteroatoms. The fraction of sp³-hybridized carbons (Fsp3) is 0.933. The third-order valence-electron chi connectivity index (χ3n) is 15.7. The predicted octanol–water partition coefficient (Wildman–Crippen LogP) is -6.49. The predicted molar refractivity (Wildman–Crippen MR) is 316 cm³/mol. The number of ether oxygens (including phenoxy) is 17. The molecular formula is C60H108N3NaO28. The summed E-state index contributed by atoms with van der Waals surface area (Å²) in [7, 11) is 1.63. The molecule has 4 aliphatic rings.